The third kappa shape index (κ3) is 9.45. The molecule has 4 N–H and O–H groups in total. The van der Waals surface area contributed by atoms with Crippen LogP contribution in [0.1, 0.15) is 76.8 Å². The molecule has 1 atom stereocenters. The zero-order valence-electron chi connectivity index (χ0n) is 26.7. The Morgan fingerprint density at radius 2 is 1.34 bits per heavy atom. The summed E-state index contributed by atoms with van der Waals surface area (Å²) in [4.78, 5) is 100. The number of hydrogen-bond acceptors (Lipinski definition) is 11. The van der Waals surface area contributed by atoms with Crippen molar-refractivity contribution >= 4 is 47.3 Å². The molecule has 0 saturated carbocycles. The van der Waals surface area contributed by atoms with Crippen LogP contribution in [0.5, 0.6) is 0 Å². The number of amides is 4. The van der Waals surface area contributed by atoms with Crippen molar-refractivity contribution in [3.63, 3.8) is 0 Å². The molecule has 250 valence electrons. The first kappa shape index (κ1) is 35.9. The molecule has 2 aromatic rings. The van der Waals surface area contributed by atoms with Gasteiger partial charge in [-0.3, -0.25) is 24.0 Å². The van der Waals surface area contributed by atoms with E-state index in [1.165, 1.54) is 38.1 Å². The number of nitrogens with one attached hydrogen (secondary N) is 4. The fraction of sp³-hybridized carbons (Fsp3) is 0.375. The van der Waals surface area contributed by atoms with Crippen molar-refractivity contribution in [2.45, 2.75) is 51.8 Å². The summed E-state index contributed by atoms with van der Waals surface area (Å²) in [7, 11) is 1.05. The Balaban J connectivity index is 1.54. The number of alkyl carbamates (subject to hydrolysis) is 1. The van der Waals surface area contributed by atoms with Crippen LogP contribution >= 0.6 is 0 Å². The van der Waals surface area contributed by atoms with Crippen molar-refractivity contribution < 1.29 is 52.6 Å². The number of rotatable bonds is 11. The molecule has 0 radical (unpaired) electrons. The van der Waals surface area contributed by atoms with E-state index in [2.05, 4.69) is 26.0 Å². The highest BCUT2D eigenvalue weighted by molar-refractivity contribution is 6.28. The molecule has 0 spiro atoms. The molecule has 47 heavy (non-hydrogen) atoms. The van der Waals surface area contributed by atoms with Crippen LogP contribution in [-0.2, 0) is 33.4 Å². The van der Waals surface area contributed by atoms with Crippen molar-refractivity contribution in [1.29, 1.82) is 0 Å². The topological polar surface area (TPSA) is 212 Å². The van der Waals surface area contributed by atoms with Crippen molar-refractivity contribution in [1.82, 2.24) is 21.3 Å². The number of hydrogen-bond donors (Lipinski definition) is 4. The maximum Gasteiger partial charge on any atom is 0.408 e. The summed E-state index contributed by atoms with van der Waals surface area (Å²) in [6.45, 7) is 5.93. The molecule has 0 fully saturated rings. The second kappa shape index (κ2) is 14.7. The Morgan fingerprint density at radius 3 is 1.94 bits per heavy atom. The number of ether oxygens (including phenoxy) is 3. The fourth-order valence-electron chi connectivity index (χ4n) is 4.32. The first-order valence-electron chi connectivity index (χ1n) is 14.4. The first-order valence-corrected chi connectivity index (χ1v) is 14.4. The summed E-state index contributed by atoms with van der Waals surface area (Å²) in [5.41, 5.74) is -1.73. The van der Waals surface area contributed by atoms with Gasteiger partial charge in [-0.1, -0.05) is 24.3 Å². The molecule has 0 aromatic heterocycles. The van der Waals surface area contributed by atoms with Gasteiger partial charge in [0, 0.05) is 22.3 Å². The lowest BCUT2D eigenvalue weighted by atomic mass is 9.83. The molecule has 1 aliphatic rings. The number of esters is 2. The van der Waals surface area contributed by atoms with Gasteiger partial charge >= 0.3 is 18.0 Å². The summed E-state index contributed by atoms with van der Waals surface area (Å²) < 4.78 is 14.9. The molecule has 3 rings (SSSR count). The van der Waals surface area contributed by atoms with Gasteiger partial charge in [-0.15, -0.1) is 0 Å². The van der Waals surface area contributed by atoms with E-state index >= 15 is 0 Å². The van der Waals surface area contributed by atoms with E-state index in [9.17, 15) is 38.4 Å². The minimum atomic E-state index is -1.51. The monoisotopic (exact) mass is 652 g/mol. The van der Waals surface area contributed by atoms with Gasteiger partial charge in [0.05, 0.1) is 19.2 Å². The van der Waals surface area contributed by atoms with Gasteiger partial charge in [0.2, 0.25) is 17.7 Å². The van der Waals surface area contributed by atoms with Crippen molar-refractivity contribution in [2.75, 3.05) is 26.8 Å². The standard InChI is InChI=1S/C32H36N4O11/c1-31(2,3)47-30(44)34-15-24(38)36-32(4,5)29(43)33-14-23(37)35-22(28(42)45-6)16-46-27(41)17-11-12-20-21(13-17)26(40)19-10-8-7-9-18(19)25(20)39/h7-13,22H,14-16H2,1-6H3,(H,33,43)(H,34,44)(H,35,37)(H,36,38)/t22-/m0/s1. The Hall–Kier alpha value is -5.60. The molecule has 0 saturated heterocycles. The van der Waals surface area contributed by atoms with E-state index in [1.807, 2.05) is 0 Å². The van der Waals surface area contributed by atoms with Crippen LogP contribution in [0.15, 0.2) is 42.5 Å². The maximum absolute atomic E-state index is 13.0. The Kier molecular flexibility index (Phi) is 11.2. The van der Waals surface area contributed by atoms with Gasteiger partial charge < -0.3 is 35.5 Å². The minimum Gasteiger partial charge on any atom is -0.467 e. The van der Waals surface area contributed by atoms with Crippen LogP contribution in [0.25, 0.3) is 0 Å². The second-order valence-corrected chi connectivity index (χ2v) is 11.9. The Bertz CT molecular complexity index is 1620. The zero-order valence-corrected chi connectivity index (χ0v) is 26.7. The van der Waals surface area contributed by atoms with Crippen LogP contribution in [0.4, 0.5) is 4.79 Å². The van der Waals surface area contributed by atoms with Crippen molar-refractivity contribution in [3.8, 4) is 0 Å². The predicted molar refractivity (Wildman–Crippen MR) is 163 cm³/mol. The van der Waals surface area contributed by atoms with Crippen LogP contribution in [0, 0.1) is 0 Å². The number of ketones is 2. The highest BCUT2D eigenvalue weighted by Gasteiger charge is 2.32. The Labute approximate surface area is 270 Å². The normalized spacial score (nSPS) is 12.8. The van der Waals surface area contributed by atoms with E-state index in [0.29, 0.717) is 0 Å². The maximum atomic E-state index is 13.0. The summed E-state index contributed by atoms with van der Waals surface area (Å²) in [6, 6.07) is 8.72. The number of benzene rings is 2. The number of carbonyl (C=O) groups excluding carboxylic acids is 8. The van der Waals surface area contributed by atoms with Gasteiger partial charge in [-0.2, -0.15) is 0 Å². The third-order valence-corrected chi connectivity index (χ3v) is 6.58. The van der Waals surface area contributed by atoms with Crippen LogP contribution in [0.2, 0.25) is 0 Å². The second-order valence-electron chi connectivity index (χ2n) is 11.9. The van der Waals surface area contributed by atoms with Crippen LogP contribution in [-0.4, -0.2) is 91.3 Å². The summed E-state index contributed by atoms with van der Waals surface area (Å²) in [6.07, 6.45) is -0.821. The van der Waals surface area contributed by atoms with Crippen LogP contribution in [0.3, 0.4) is 0 Å². The lowest BCUT2D eigenvalue weighted by Crippen LogP contribution is -2.58. The lowest BCUT2D eigenvalue weighted by molar-refractivity contribution is -0.146. The Morgan fingerprint density at radius 1 is 0.766 bits per heavy atom. The van der Waals surface area contributed by atoms with E-state index in [4.69, 9.17) is 9.47 Å². The van der Waals surface area contributed by atoms with E-state index in [0.717, 1.165) is 7.11 Å². The molecule has 4 amide bonds. The molecule has 2 aromatic carbocycles. The number of fused-ring (bicyclic) bond motifs is 2. The lowest BCUT2D eigenvalue weighted by Gasteiger charge is -2.25. The van der Waals surface area contributed by atoms with Crippen molar-refractivity contribution in [2.24, 2.45) is 0 Å². The molecule has 0 heterocycles. The molecular formula is C32H36N4O11. The quantitative estimate of drug-likeness (QED) is 0.168. The predicted octanol–water partition coefficient (Wildman–Crippen LogP) is 0.812. The van der Waals surface area contributed by atoms with E-state index < -0.39 is 78.4 Å². The number of methoxy groups -OCH3 is 1. The SMILES string of the molecule is COC(=O)[C@H](COC(=O)c1ccc2c(c1)C(=O)c1ccccc1C2=O)NC(=O)CNC(=O)C(C)(C)NC(=O)CNC(=O)OC(C)(C)C. The average molecular weight is 653 g/mol. The molecule has 1 aliphatic carbocycles. The molecule has 15 nitrogen and oxygen atoms in total. The van der Waals surface area contributed by atoms with Gasteiger partial charge in [-0.05, 0) is 52.8 Å². The highest BCUT2D eigenvalue weighted by atomic mass is 16.6. The smallest absolute Gasteiger partial charge is 0.408 e. The molecule has 0 bridgehead atoms. The van der Waals surface area contributed by atoms with Gasteiger partial charge in [0.1, 0.15) is 24.3 Å². The van der Waals surface area contributed by atoms with Crippen LogP contribution < -0.4 is 21.3 Å². The molecule has 0 unspecified atom stereocenters. The van der Waals surface area contributed by atoms with Gasteiger partial charge in [0.15, 0.2) is 17.6 Å². The highest BCUT2D eigenvalue weighted by Crippen LogP contribution is 2.28. The van der Waals surface area contributed by atoms with Gasteiger partial charge in [0.25, 0.3) is 0 Å². The fourth-order valence-corrected chi connectivity index (χ4v) is 4.32. The minimum absolute atomic E-state index is 0.0233. The van der Waals surface area contributed by atoms with E-state index in [-0.39, 0.29) is 33.6 Å². The average Bonchev–Trinajstić information content (AvgIpc) is 3.01. The van der Waals surface area contributed by atoms with E-state index in [1.54, 1.807) is 39.0 Å². The largest absolute Gasteiger partial charge is 0.467 e. The molecular weight excluding hydrogens is 616 g/mol. The zero-order chi connectivity index (χ0) is 35.1. The third-order valence-electron chi connectivity index (χ3n) is 6.58. The van der Waals surface area contributed by atoms with Gasteiger partial charge in [-0.25, -0.2) is 14.4 Å². The summed E-state index contributed by atoms with van der Waals surface area (Å²) in [5.74, 6) is -5.01. The first-order chi connectivity index (χ1) is 21.9. The summed E-state index contributed by atoms with van der Waals surface area (Å²) >= 11 is 0. The summed E-state index contributed by atoms with van der Waals surface area (Å²) in [5, 5.41) is 9.30. The molecule has 15 heteroatoms. The number of carbonyl (C=O) groups is 8. The molecule has 0 aliphatic heterocycles. The van der Waals surface area contributed by atoms with Crippen molar-refractivity contribution in [3.05, 3.63) is 70.3 Å².